The molecule has 2 rings (SSSR count). The first-order chi connectivity index (χ1) is 10.0. The first-order valence-electron chi connectivity index (χ1n) is 6.07. The van der Waals surface area contributed by atoms with E-state index in [1.54, 1.807) is 0 Å². The maximum Gasteiger partial charge on any atom is 0.340 e. The Morgan fingerprint density at radius 3 is 2.57 bits per heavy atom. The summed E-state index contributed by atoms with van der Waals surface area (Å²) in [5.41, 5.74) is 0.273. The molecule has 110 valence electrons. The molecule has 2 aromatic rings. The molecule has 0 aliphatic carbocycles. The lowest BCUT2D eigenvalue weighted by molar-refractivity contribution is 0.0595. The van der Waals surface area contributed by atoms with Crippen LogP contribution >= 0.6 is 0 Å². The third-order valence-electron chi connectivity index (χ3n) is 2.87. The van der Waals surface area contributed by atoms with Crippen LogP contribution in [-0.2, 0) is 11.3 Å². The number of ether oxygens (including phenoxy) is 1. The number of hydrogen-bond acceptors (Lipinski definition) is 3. The summed E-state index contributed by atoms with van der Waals surface area (Å²) in [7, 11) is 1.16. The Labute approximate surface area is 119 Å². The monoisotopic (exact) mass is 295 g/mol. The molecule has 0 spiro atoms. The summed E-state index contributed by atoms with van der Waals surface area (Å²) in [5, 5.41) is 2.66. The number of carbonyl (C=O) groups is 1. The van der Waals surface area contributed by atoms with Crippen LogP contribution in [0, 0.1) is 17.5 Å². The van der Waals surface area contributed by atoms with Gasteiger partial charge in [-0.25, -0.2) is 18.0 Å². The number of carbonyl (C=O) groups excluding carboxylic acids is 1. The van der Waals surface area contributed by atoms with Gasteiger partial charge in [0.1, 0.15) is 5.82 Å². The highest BCUT2D eigenvalue weighted by molar-refractivity contribution is 5.89. The Hall–Kier alpha value is -2.50. The maximum absolute atomic E-state index is 13.7. The Balaban J connectivity index is 2.12. The minimum atomic E-state index is -0.996. The predicted octanol–water partition coefficient (Wildman–Crippen LogP) is 3.50. The van der Waals surface area contributed by atoms with Gasteiger partial charge in [-0.1, -0.05) is 12.1 Å². The third kappa shape index (κ3) is 3.34. The first-order valence-corrected chi connectivity index (χ1v) is 6.07. The van der Waals surface area contributed by atoms with Gasteiger partial charge in [0, 0.05) is 6.54 Å². The van der Waals surface area contributed by atoms with E-state index in [1.165, 1.54) is 24.3 Å². The fourth-order valence-corrected chi connectivity index (χ4v) is 1.78. The van der Waals surface area contributed by atoms with E-state index in [4.69, 9.17) is 0 Å². The lowest BCUT2D eigenvalue weighted by atomic mass is 10.1. The van der Waals surface area contributed by atoms with Crippen LogP contribution in [0.25, 0.3) is 0 Å². The first kappa shape index (κ1) is 14.9. The van der Waals surface area contributed by atoms with Gasteiger partial charge >= 0.3 is 5.97 Å². The van der Waals surface area contributed by atoms with Crippen LogP contribution in [0.3, 0.4) is 0 Å². The minimum Gasteiger partial charge on any atom is -0.465 e. The Kier molecular flexibility index (Phi) is 4.47. The number of nitrogens with one attached hydrogen (secondary N) is 1. The van der Waals surface area contributed by atoms with E-state index in [-0.39, 0.29) is 17.8 Å². The van der Waals surface area contributed by atoms with Gasteiger partial charge in [-0.05, 0) is 29.8 Å². The number of halogens is 3. The molecule has 0 aliphatic heterocycles. The lowest BCUT2D eigenvalue weighted by Gasteiger charge is -2.09. The molecule has 0 radical (unpaired) electrons. The molecule has 0 atom stereocenters. The molecular weight excluding hydrogens is 283 g/mol. The van der Waals surface area contributed by atoms with E-state index < -0.39 is 23.4 Å². The molecule has 2 aromatic carbocycles. The average Bonchev–Trinajstić information content (AvgIpc) is 2.48. The fraction of sp³-hybridized carbons (Fsp3) is 0.133. The van der Waals surface area contributed by atoms with E-state index >= 15 is 0 Å². The van der Waals surface area contributed by atoms with Crippen molar-refractivity contribution in [3.8, 4) is 0 Å². The van der Waals surface area contributed by atoms with Crippen LogP contribution in [0.5, 0.6) is 0 Å². The highest BCUT2D eigenvalue weighted by atomic mass is 19.2. The molecule has 1 N–H and O–H groups in total. The molecule has 3 nitrogen and oxygen atoms in total. The van der Waals surface area contributed by atoms with Gasteiger partial charge in [-0.2, -0.15) is 0 Å². The Morgan fingerprint density at radius 2 is 1.90 bits per heavy atom. The van der Waals surface area contributed by atoms with Crippen LogP contribution < -0.4 is 5.32 Å². The van der Waals surface area contributed by atoms with Crippen molar-refractivity contribution in [3.63, 3.8) is 0 Å². The molecule has 0 aromatic heterocycles. The number of benzene rings is 2. The molecule has 0 saturated carbocycles. The third-order valence-corrected chi connectivity index (χ3v) is 2.87. The van der Waals surface area contributed by atoms with Gasteiger partial charge < -0.3 is 10.1 Å². The van der Waals surface area contributed by atoms with E-state index in [0.29, 0.717) is 5.56 Å². The maximum atomic E-state index is 13.7. The SMILES string of the molecule is COC(=O)c1ccc(CNc2cccc(F)c2F)cc1F. The smallest absolute Gasteiger partial charge is 0.340 e. The van der Waals surface area contributed by atoms with Gasteiger partial charge in [0.2, 0.25) is 0 Å². The van der Waals surface area contributed by atoms with E-state index in [1.807, 2.05) is 0 Å². The summed E-state index contributed by atoms with van der Waals surface area (Å²) in [6.07, 6.45) is 0. The van der Waals surface area contributed by atoms with Crippen molar-refractivity contribution < 1.29 is 22.7 Å². The summed E-state index contributed by atoms with van der Waals surface area (Å²) >= 11 is 0. The van der Waals surface area contributed by atoms with Crippen LogP contribution in [0.2, 0.25) is 0 Å². The highest BCUT2D eigenvalue weighted by Gasteiger charge is 2.12. The summed E-state index contributed by atoms with van der Waals surface area (Å²) in [4.78, 5) is 11.2. The molecule has 0 fully saturated rings. The van der Waals surface area contributed by atoms with E-state index in [9.17, 15) is 18.0 Å². The summed E-state index contributed by atoms with van der Waals surface area (Å²) in [6.45, 7) is 0.0821. The van der Waals surface area contributed by atoms with E-state index in [2.05, 4.69) is 10.1 Å². The second-order valence-corrected chi connectivity index (χ2v) is 4.26. The quantitative estimate of drug-likeness (QED) is 0.877. The molecule has 21 heavy (non-hydrogen) atoms. The second kappa shape index (κ2) is 6.30. The van der Waals surface area contributed by atoms with Crippen LogP contribution in [0.4, 0.5) is 18.9 Å². The van der Waals surface area contributed by atoms with Crippen molar-refractivity contribution in [2.24, 2.45) is 0 Å². The van der Waals surface area contributed by atoms with Gasteiger partial charge in [-0.15, -0.1) is 0 Å². The number of methoxy groups -OCH3 is 1. The number of hydrogen-bond donors (Lipinski definition) is 1. The van der Waals surface area contributed by atoms with Crippen molar-refractivity contribution >= 4 is 11.7 Å². The molecule has 0 unspecified atom stereocenters. The predicted molar refractivity (Wildman–Crippen MR) is 71.4 cm³/mol. The van der Waals surface area contributed by atoms with Gasteiger partial charge in [0.05, 0.1) is 18.4 Å². The number of rotatable bonds is 4. The topological polar surface area (TPSA) is 38.3 Å². The normalized spacial score (nSPS) is 10.3. The molecule has 0 aliphatic rings. The lowest BCUT2D eigenvalue weighted by Crippen LogP contribution is -2.07. The van der Waals surface area contributed by atoms with Crippen molar-refractivity contribution in [1.82, 2.24) is 0 Å². The number of anilines is 1. The average molecular weight is 295 g/mol. The second-order valence-electron chi connectivity index (χ2n) is 4.26. The number of esters is 1. The van der Waals surface area contributed by atoms with E-state index in [0.717, 1.165) is 19.2 Å². The zero-order valence-corrected chi connectivity index (χ0v) is 11.1. The molecular formula is C15H12F3NO2. The Morgan fingerprint density at radius 1 is 1.14 bits per heavy atom. The van der Waals surface area contributed by atoms with Crippen molar-refractivity contribution in [3.05, 3.63) is 65.0 Å². The van der Waals surface area contributed by atoms with Gasteiger partial charge in [0.25, 0.3) is 0 Å². The zero-order chi connectivity index (χ0) is 15.4. The Bertz CT molecular complexity index is 674. The summed E-state index contributed by atoms with van der Waals surface area (Å²) in [6, 6.07) is 7.65. The molecule has 0 amide bonds. The van der Waals surface area contributed by atoms with Gasteiger partial charge in [-0.3, -0.25) is 0 Å². The summed E-state index contributed by atoms with van der Waals surface area (Å²) < 4.78 is 44.6. The highest BCUT2D eigenvalue weighted by Crippen LogP contribution is 2.18. The molecule has 6 heteroatoms. The largest absolute Gasteiger partial charge is 0.465 e. The fourth-order valence-electron chi connectivity index (χ4n) is 1.78. The minimum absolute atomic E-state index is 0.0209. The summed E-state index contributed by atoms with van der Waals surface area (Å²) in [5.74, 6) is -3.47. The molecule has 0 bridgehead atoms. The molecule has 0 heterocycles. The van der Waals surface area contributed by atoms with Crippen LogP contribution in [0.15, 0.2) is 36.4 Å². The van der Waals surface area contributed by atoms with Crippen molar-refractivity contribution in [1.29, 1.82) is 0 Å². The zero-order valence-electron chi connectivity index (χ0n) is 11.1. The van der Waals surface area contributed by atoms with Gasteiger partial charge in [0.15, 0.2) is 11.6 Å². The molecule has 0 saturated heterocycles. The van der Waals surface area contributed by atoms with Crippen LogP contribution in [-0.4, -0.2) is 13.1 Å². The van der Waals surface area contributed by atoms with Crippen LogP contribution in [0.1, 0.15) is 15.9 Å². The standard InChI is InChI=1S/C15H12F3NO2/c1-21-15(20)10-6-5-9(7-12(10)17)8-19-13-4-2-3-11(16)14(13)18/h2-7,19H,8H2,1H3. The van der Waals surface area contributed by atoms with Crippen molar-refractivity contribution in [2.75, 3.05) is 12.4 Å². The van der Waals surface area contributed by atoms with Crippen molar-refractivity contribution in [2.45, 2.75) is 6.54 Å².